The van der Waals surface area contributed by atoms with Crippen LogP contribution in [0.3, 0.4) is 0 Å². The van der Waals surface area contributed by atoms with Gasteiger partial charge in [0.2, 0.25) is 0 Å². The highest BCUT2D eigenvalue weighted by Crippen LogP contribution is 2.29. The summed E-state index contributed by atoms with van der Waals surface area (Å²) in [5, 5.41) is 8.58. The van der Waals surface area contributed by atoms with E-state index in [2.05, 4.69) is 20.9 Å². The van der Waals surface area contributed by atoms with E-state index in [1.54, 1.807) is 13.0 Å². The maximum Gasteiger partial charge on any atom is 0.267 e. The first kappa shape index (κ1) is 10.1. The molecule has 1 rings (SSSR count). The third-order valence-electron chi connectivity index (χ3n) is 1.48. The highest BCUT2D eigenvalue weighted by atomic mass is 79.9. The van der Waals surface area contributed by atoms with Crippen molar-refractivity contribution in [1.29, 1.82) is 5.26 Å². The normalized spacial score (nSPS) is 10.2. The van der Waals surface area contributed by atoms with Gasteiger partial charge in [-0.2, -0.15) is 5.26 Å². The maximum absolute atomic E-state index is 12.4. The molecule has 0 bridgehead atoms. The molecule has 1 heterocycles. The van der Waals surface area contributed by atoms with Crippen molar-refractivity contribution in [3.05, 3.63) is 27.5 Å². The number of alkyl halides is 2. The minimum atomic E-state index is -2.68. The Labute approximate surface area is 82.3 Å². The number of hydrogen-bond donors (Lipinski definition) is 0. The topological polar surface area (TPSA) is 36.7 Å². The summed E-state index contributed by atoms with van der Waals surface area (Å²) in [4.78, 5) is 3.79. The van der Waals surface area contributed by atoms with Crippen LogP contribution in [0.4, 0.5) is 8.78 Å². The smallest absolute Gasteiger partial charge is 0.246 e. The zero-order valence-corrected chi connectivity index (χ0v) is 8.27. The predicted octanol–water partition coefficient (Wildman–Crippen LogP) is 2.96. The van der Waals surface area contributed by atoms with Crippen molar-refractivity contribution in [2.75, 3.05) is 0 Å². The van der Waals surface area contributed by atoms with Gasteiger partial charge in [0, 0.05) is 5.69 Å². The molecule has 0 fully saturated rings. The number of rotatable bonds is 1. The number of aromatic nitrogens is 1. The van der Waals surface area contributed by atoms with Gasteiger partial charge in [-0.1, -0.05) is 0 Å². The van der Waals surface area contributed by atoms with Crippen molar-refractivity contribution >= 4 is 15.9 Å². The molecule has 0 saturated carbocycles. The highest BCUT2D eigenvalue weighted by molar-refractivity contribution is 9.10. The van der Waals surface area contributed by atoms with Crippen molar-refractivity contribution in [2.45, 2.75) is 13.3 Å². The van der Waals surface area contributed by atoms with Crippen molar-refractivity contribution < 1.29 is 8.78 Å². The van der Waals surface area contributed by atoms with Gasteiger partial charge < -0.3 is 0 Å². The van der Waals surface area contributed by atoms with Gasteiger partial charge in [-0.25, -0.2) is 13.8 Å². The number of hydrogen-bond acceptors (Lipinski definition) is 2. The Morgan fingerprint density at radius 1 is 1.62 bits per heavy atom. The molecule has 0 spiro atoms. The van der Waals surface area contributed by atoms with Crippen LogP contribution in [0.1, 0.15) is 23.2 Å². The quantitative estimate of drug-likeness (QED) is 0.715. The average molecular weight is 247 g/mol. The molecule has 0 aliphatic rings. The second kappa shape index (κ2) is 3.79. The molecule has 0 aliphatic heterocycles. The summed E-state index contributed by atoms with van der Waals surface area (Å²) in [6.45, 7) is 1.64. The third kappa shape index (κ3) is 2.01. The SMILES string of the molecule is Cc1cc(C#N)c(C(F)F)c(Br)n1. The molecule has 0 aliphatic carbocycles. The van der Waals surface area contributed by atoms with E-state index >= 15 is 0 Å². The van der Waals surface area contributed by atoms with Crippen LogP contribution in [0.2, 0.25) is 0 Å². The molecule has 0 atom stereocenters. The molecule has 13 heavy (non-hydrogen) atoms. The molecule has 0 saturated heterocycles. The van der Waals surface area contributed by atoms with Crippen LogP contribution in [-0.4, -0.2) is 4.98 Å². The molecular formula is C8H5BrF2N2. The van der Waals surface area contributed by atoms with Crippen LogP contribution < -0.4 is 0 Å². The Balaban J connectivity index is 3.41. The van der Waals surface area contributed by atoms with Gasteiger partial charge in [-0.3, -0.25) is 0 Å². The van der Waals surface area contributed by atoms with Crippen LogP contribution >= 0.6 is 15.9 Å². The lowest BCUT2D eigenvalue weighted by Gasteiger charge is -2.05. The summed E-state index contributed by atoms with van der Waals surface area (Å²) in [5.41, 5.74) is 0.162. The molecule has 0 aromatic carbocycles. The summed E-state index contributed by atoms with van der Waals surface area (Å²) in [6, 6.07) is 3.05. The maximum atomic E-state index is 12.4. The lowest BCUT2D eigenvalue weighted by atomic mass is 10.1. The largest absolute Gasteiger partial charge is 0.267 e. The Hall–Kier alpha value is -1.02. The van der Waals surface area contributed by atoms with Crippen LogP contribution in [-0.2, 0) is 0 Å². The first-order valence-corrected chi connectivity index (χ1v) is 4.21. The van der Waals surface area contributed by atoms with E-state index in [1.165, 1.54) is 6.07 Å². The van der Waals surface area contributed by atoms with Gasteiger partial charge in [-0.15, -0.1) is 0 Å². The van der Waals surface area contributed by atoms with Gasteiger partial charge in [0.05, 0.1) is 17.2 Å². The van der Waals surface area contributed by atoms with Crippen LogP contribution in [0, 0.1) is 18.3 Å². The minimum absolute atomic E-state index is 0.0330. The summed E-state index contributed by atoms with van der Waals surface area (Å²) < 4.78 is 24.8. The Kier molecular flexibility index (Phi) is 2.94. The van der Waals surface area contributed by atoms with E-state index < -0.39 is 6.43 Å². The molecule has 1 aromatic heterocycles. The van der Waals surface area contributed by atoms with Crippen molar-refractivity contribution in [3.8, 4) is 6.07 Å². The standard InChI is InChI=1S/C8H5BrF2N2/c1-4-2-5(3-12)6(8(10)11)7(9)13-4/h2,8H,1H3. The van der Waals surface area contributed by atoms with Gasteiger partial charge in [-0.05, 0) is 28.9 Å². The number of nitrogens with zero attached hydrogens (tertiary/aromatic N) is 2. The van der Waals surface area contributed by atoms with E-state index in [0.717, 1.165) is 0 Å². The fourth-order valence-electron chi connectivity index (χ4n) is 0.945. The molecule has 0 amide bonds. The van der Waals surface area contributed by atoms with E-state index in [1.807, 2.05) is 0 Å². The molecule has 0 radical (unpaired) electrons. The van der Waals surface area contributed by atoms with Crippen molar-refractivity contribution in [2.24, 2.45) is 0 Å². The monoisotopic (exact) mass is 246 g/mol. The Morgan fingerprint density at radius 3 is 2.69 bits per heavy atom. The lowest BCUT2D eigenvalue weighted by molar-refractivity contribution is 0.149. The average Bonchev–Trinajstić information content (AvgIpc) is 2.01. The molecule has 5 heteroatoms. The Bertz CT molecular complexity index is 371. The first-order chi connectivity index (χ1) is 6.06. The summed E-state index contributed by atoms with van der Waals surface area (Å²) in [7, 11) is 0. The summed E-state index contributed by atoms with van der Waals surface area (Å²) in [5.74, 6) is 0. The lowest BCUT2D eigenvalue weighted by Crippen LogP contribution is -1.96. The number of aryl methyl sites for hydroxylation is 1. The van der Waals surface area contributed by atoms with E-state index in [4.69, 9.17) is 5.26 Å². The van der Waals surface area contributed by atoms with Crippen LogP contribution in [0.5, 0.6) is 0 Å². The Morgan fingerprint density at radius 2 is 2.23 bits per heavy atom. The van der Waals surface area contributed by atoms with Gasteiger partial charge >= 0.3 is 0 Å². The minimum Gasteiger partial charge on any atom is -0.246 e. The number of halogens is 3. The zero-order chi connectivity index (χ0) is 10.0. The molecule has 1 aromatic rings. The van der Waals surface area contributed by atoms with Crippen LogP contribution in [0.25, 0.3) is 0 Å². The number of nitriles is 1. The van der Waals surface area contributed by atoms with E-state index in [9.17, 15) is 8.78 Å². The molecular weight excluding hydrogens is 242 g/mol. The zero-order valence-electron chi connectivity index (χ0n) is 6.68. The second-order valence-electron chi connectivity index (χ2n) is 2.43. The molecule has 0 N–H and O–H groups in total. The van der Waals surface area contributed by atoms with Crippen molar-refractivity contribution in [3.63, 3.8) is 0 Å². The predicted molar refractivity (Wildman–Crippen MR) is 46.3 cm³/mol. The summed E-state index contributed by atoms with van der Waals surface area (Å²) in [6.07, 6.45) is -2.68. The molecule has 2 nitrogen and oxygen atoms in total. The van der Waals surface area contributed by atoms with Crippen molar-refractivity contribution in [1.82, 2.24) is 4.98 Å². The fourth-order valence-corrected chi connectivity index (χ4v) is 1.61. The highest BCUT2D eigenvalue weighted by Gasteiger charge is 2.18. The van der Waals surface area contributed by atoms with Gasteiger partial charge in [0.15, 0.2) is 0 Å². The third-order valence-corrected chi connectivity index (χ3v) is 2.08. The first-order valence-electron chi connectivity index (χ1n) is 3.41. The fraction of sp³-hybridized carbons (Fsp3) is 0.250. The van der Waals surface area contributed by atoms with E-state index in [0.29, 0.717) is 5.69 Å². The van der Waals surface area contributed by atoms with E-state index in [-0.39, 0.29) is 15.7 Å². The number of pyridine rings is 1. The second-order valence-corrected chi connectivity index (χ2v) is 3.18. The molecule has 0 unspecified atom stereocenters. The van der Waals surface area contributed by atoms with Crippen LogP contribution in [0.15, 0.2) is 10.7 Å². The molecule has 68 valence electrons. The van der Waals surface area contributed by atoms with Gasteiger partial charge in [0.1, 0.15) is 4.60 Å². The summed E-state index contributed by atoms with van der Waals surface area (Å²) >= 11 is 2.90. The van der Waals surface area contributed by atoms with Gasteiger partial charge in [0.25, 0.3) is 6.43 Å².